The fourth-order valence-electron chi connectivity index (χ4n) is 3.30. The van der Waals surface area contributed by atoms with Gasteiger partial charge in [-0.1, -0.05) is 54.6 Å². The molecule has 124 valence electrons. The molecule has 2 N–H and O–H groups in total. The third-order valence-electron chi connectivity index (χ3n) is 4.74. The molecule has 0 bridgehead atoms. The Labute approximate surface area is 145 Å². The number of carboxylic acids is 1. The zero-order chi connectivity index (χ0) is 17.4. The first-order chi connectivity index (χ1) is 12.1. The molecule has 4 heteroatoms. The maximum absolute atomic E-state index is 12.5. The summed E-state index contributed by atoms with van der Waals surface area (Å²) in [4.78, 5) is 23.7. The summed E-state index contributed by atoms with van der Waals surface area (Å²) in [5.74, 6) is -1.07. The Balaban J connectivity index is 1.51. The number of carbonyl (C=O) groups is 2. The minimum absolute atomic E-state index is 0.108. The van der Waals surface area contributed by atoms with Gasteiger partial charge in [-0.15, -0.1) is 0 Å². The molecule has 0 saturated heterocycles. The van der Waals surface area contributed by atoms with E-state index < -0.39 is 5.97 Å². The lowest BCUT2D eigenvalue weighted by Gasteiger charge is -2.08. The number of hydrogen-bond acceptors (Lipinski definition) is 2. The van der Waals surface area contributed by atoms with Gasteiger partial charge < -0.3 is 10.4 Å². The topological polar surface area (TPSA) is 66.4 Å². The van der Waals surface area contributed by atoms with E-state index in [0.717, 1.165) is 12.0 Å². The summed E-state index contributed by atoms with van der Waals surface area (Å²) in [5, 5.41) is 14.3. The molecule has 3 aromatic carbocycles. The van der Waals surface area contributed by atoms with E-state index in [1.54, 1.807) is 18.2 Å². The fourth-order valence-corrected chi connectivity index (χ4v) is 3.30. The predicted octanol–water partition coefficient (Wildman–Crippen LogP) is 4.28. The van der Waals surface area contributed by atoms with Gasteiger partial charge in [0.1, 0.15) is 0 Å². The van der Waals surface area contributed by atoms with Crippen molar-refractivity contribution in [3.8, 4) is 0 Å². The summed E-state index contributed by atoms with van der Waals surface area (Å²) < 4.78 is 0. The summed E-state index contributed by atoms with van der Waals surface area (Å²) in [6.07, 6.45) is 0.791. The summed E-state index contributed by atoms with van der Waals surface area (Å²) in [6.45, 7) is 0. The second kappa shape index (κ2) is 6.06. The van der Waals surface area contributed by atoms with E-state index in [2.05, 4.69) is 35.6 Å². The summed E-state index contributed by atoms with van der Waals surface area (Å²) >= 11 is 0. The Morgan fingerprint density at radius 3 is 2.44 bits per heavy atom. The van der Waals surface area contributed by atoms with E-state index in [1.165, 1.54) is 16.8 Å². The van der Waals surface area contributed by atoms with Gasteiger partial charge in [0.2, 0.25) is 5.91 Å². The maximum Gasteiger partial charge on any atom is 0.337 e. The van der Waals surface area contributed by atoms with Gasteiger partial charge >= 0.3 is 5.97 Å². The van der Waals surface area contributed by atoms with Gasteiger partial charge in [0.15, 0.2) is 0 Å². The normalized spacial score (nSPS) is 18.7. The van der Waals surface area contributed by atoms with Crippen LogP contribution in [0, 0.1) is 5.92 Å². The number of amides is 1. The van der Waals surface area contributed by atoms with Crippen LogP contribution in [0.1, 0.15) is 28.3 Å². The number of rotatable bonds is 4. The van der Waals surface area contributed by atoms with Gasteiger partial charge in [-0.25, -0.2) is 4.79 Å². The monoisotopic (exact) mass is 331 g/mol. The van der Waals surface area contributed by atoms with E-state index in [-0.39, 0.29) is 23.3 Å². The molecule has 1 saturated carbocycles. The van der Waals surface area contributed by atoms with E-state index in [9.17, 15) is 14.7 Å². The zero-order valence-corrected chi connectivity index (χ0v) is 13.5. The molecular weight excluding hydrogens is 314 g/mol. The van der Waals surface area contributed by atoms with Crippen LogP contribution in [0.3, 0.4) is 0 Å². The van der Waals surface area contributed by atoms with Gasteiger partial charge in [0.25, 0.3) is 0 Å². The molecule has 3 aromatic rings. The van der Waals surface area contributed by atoms with Crippen LogP contribution in [0.25, 0.3) is 10.8 Å². The fraction of sp³-hybridized carbons (Fsp3) is 0.143. The second-order valence-electron chi connectivity index (χ2n) is 6.40. The third-order valence-corrected chi connectivity index (χ3v) is 4.74. The number of benzene rings is 3. The molecule has 1 amide bonds. The number of para-hydroxylation sites is 1. The SMILES string of the molecule is O=C(O)c1ccccc1NC(=O)[C@@H]1C[C@H]1c1ccc2ccccc2c1. The van der Waals surface area contributed by atoms with Crippen molar-refractivity contribution in [2.24, 2.45) is 5.92 Å². The Morgan fingerprint density at radius 1 is 0.920 bits per heavy atom. The van der Waals surface area contributed by atoms with Crippen molar-refractivity contribution in [1.82, 2.24) is 0 Å². The first kappa shape index (κ1) is 15.4. The third kappa shape index (κ3) is 2.98. The predicted molar refractivity (Wildman–Crippen MR) is 96.8 cm³/mol. The van der Waals surface area contributed by atoms with Crippen molar-refractivity contribution in [1.29, 1.82) is 0 Å². The van der Waals surface area contributed by atoms with Gasteiger partial charge in [-0.2, -0.15) is 0 Å². The van der Waals surface area contributed by atoms with Gasteiger partial charge in [-0.3, -0.25) is 4.79 Å². The van der Waals surface area contributed by atoms with Crippen LogP contribution in [0.5, 0.6) is 0 Å². The van der Waals surface area contributed by atoms with Gasteiger partial charge in [0, 0.05) is 5.92 Å². The van der Waals surface area contributed by atoms with Crippen LogP contribution in [0.2, 0.25) is 0 Å². The molecule has 1 fully saturated rings. The van der Waals surface area contributed by atoms with Crippen molar-refractivity contribution >= 4 is 28.3 Å². The highest BCUT2D eigenvalue weighted by Gasteiger charge is 2.44. The lowest BCUT2D eigenvalue weighted by Crippen LogP contribution is -2.17. The highest BCUT2D eigenvalue weighted by molar-refractivity contribution is 6.02. The number of nitrogens with one attached hydrogen (secondary N) is 1. The molecule has 0 aromatic heterocycles. The average molecular weight is 331 g/mol. The molecule has 0 spiro atoms. The Morgan fingerprint density at radius 2 is 1.64 bits per heavy atom. The van der Waals surface area contributed by atoms with Crippen LogP contribution < -0.4 is 5.32 Å². The smallest absolute Gasteiger partial charge is 0.337 e. The quantitative estimate of drug-likeness (QED) is 0.750. The van der Waals surface area contributed by atoms with Crippen molar-refractivity contribution in [3.63, 3.8) is 0 Å². The molecule has 0 radical (unpaired) electrons. The largest absolute Gasteiger partial charge is 0.478 e. The molecule has 4 rings (SSSR count). The molecule has 0 heterocycles. The number of carbonyl (C=O) groups excluding carboxylic acids is 1. The standard InChI is InChI=1S/C21H17NO3/c23-20(22-19-8-4-3-7-16(19)21(24)25)18-12-17(18)15-10-9-13-5-1-2-6-14(13)11-15/h1-11,17-18H,12H2,(H,22,23)(H,24,25)/t17-,18+/m0/s1. The van der Waals surface area contributed by atoms with E-state index in [0.29, 0.717) is 5.69 Å². The van der Waals surface area contributed by atoms with Crippen LogP contribution in [0.15, 0.2) is 66.7 Å². The van der Waals surface area contributed by atoms with E-state index in [1.807, 2.05) is 12.1 Å². The Kier molecular flexibility index (Phi) is 3.73. The zero-order valence-electron chi connectivity index (χ0n) is 13.5. The molecule has 2 atom stereocenters. The van der Waals surface area contributed by atoms with Crippen molar-refractivity contribution < 1.29 is 14.7 Å². The van der Waals surface area contributed by atoms with Gasteiger partial charge in [0.05, 0.1) is 11.3 Å². The minimum Gasteiger partial charge on any atom is -0.478 e. The molecule has 1 aliphatic carbocycles. The first-order valence-electron chi connectivity index (χ1n) is 8.25. The van der Waals surface area contributed by atoms with Crippen LogP contribution >= 0.6 is 0 Å². The van der Waals surface area contributed by atoms with E-state index >= 15 is 0 Å². The molecular formula is C21H17NO3. The first-order valence-corrected chi connectivity index (χ1v) is 8.25. The minimum atomic E-state index is -1.04. The van der Waals surface area contributed by atoms with Crippen LogP contribution in [-0.2, 0) is 4.79 Å². The molecule has 0 aliphatic heterocycles. The Hall–Kier alpha value is -3.14. The summed E-state index contributed by atoms with van der Waals surface area (Å²) in [6, 6.07) is 20.9. The second-order valence-corrected chi connectivity index (χ2v) is 6.40. The molecule has 4 nitrogen and oxygen atoms in total. The van der Waals surface area contributed by atoms with E-state index in [4.69, 9.17) is 0 Å². The number of carboxylic acid groups (broad SMARTS) is 1. The summed E-state index contributed by atoms with van der Waals surface area (Å²) in [5.41, 5.74) is 1.62. The maximum atomic E-state index is 12.5. The number of hydrogen-bond donors (Lipinski definition) is 2. The van der Waals surface area contributed by atoms with Crippen LogP contribution in [0.4, 0.5) is 5.69 Å². The lowest BCUT2D eigenvalue weighted by molar-refractivity contribution is -0.117. The lowest BCUT2D eigenvalue weighted by atomic mass is 10.0. The highest BCUT2D eigenvalue weighted by Crippen LogP contribution is 2.48. The molecule has 1 aliphatic rings. The van der Waals surface area contributed by atoms with Crippen molar-refractivity contribution in [2.75, 3.05) is 5.32 Å². The molecule has 25 heavy (non-hydrogen) atoms. The van der Waals surface area contributed by atoms with Crippen molar-refractivity contribution in [3.05, 3.63) is 77.9 Å². The Bertz CT molecular complexity index is 980. The van der Waals surface area contributed by atoms with Gasteiger partial charge in [-0.05, 0) is 40.8 Å². The summed E-state index contributed by atoms with van der Waals surface area (Å²) in [7, 11) is 0. The molecule has 0 unspecified atom stereocenters. The highest BCUT2D eigenvalue weighted by atomic mass is 16.4. The number of anilines is 1. The number of aromatic carboxylic acids is 1. The average Bonchev–Trinajstić information content (AvgIpc) is 3.42. The number of fused-ring (bicyclic) bond motifs is 1. The van der Waals surface area contributed by atoms with Crippen LogP contribution in [-0.4, -0.2) is 17.0 Å². The van der Waals surface area contributed by atoms with Crippen molar-refractivity contribution in [2.45, 2.75) is 12.3 Å².